The molecule has 1 heterocycles. The average molecular weight is 240 g/mol. The summed E-state index contributed by atoms with van der Waals surface area (Å²) in [4.78, 5) is 0. The van der Waals surface area contributed by atoms with Crippen LogP contribution in [0, 0.1) is 0 Å². The minimum absolute atomic E-state index is 0.0808. The molecule has 0 aromatic carbocycles. The quantitative estimate of drug-likeness (QED) is 0.542. The number of sulfone groups is 1. The molecule has 0 saturated carbocycles. The lowest BCUT2D eigenvalue weighted by molar-refractivity contribution is 0.486. The maximum atomic E-state index is 11.1. The standard InChI is InChI=1S/C7H12O5S2/c8-13(9)4-1-2-7(6-13)3-5-14(10,11)12/h3H,1-2,4-6H2,(H,10,11,12)/b7-3+. The van der Waals surface area contributed by atoms with Crippen LogP contribution in [-0.2, 0) is 20.0 Å². The van der Waals surface area contributed by atoms with Crippen LogP contribution in [0.3, 0.4) is 0 Å². The highest BCUT2D eigenvalue weighted by Crippen LogP contribution is 2.17. The van der Waals surface area contributed by atoms with Gasteiger partial charge in [0.05, 0.1) is 17.3 Å². The molecule has 1 aliphatic heterocycles. The Morgan fingerprint density at radius 1 is 1.43 bits per heavy atom. The molecule has 1 fully saturated rings. The van der Waals surface area contributed by atoms with E-state index in [-0.39, 0.29) is 11.5 Å². The fourth-order valence-electron chi connectivity index (χ4n) is 1.33. The SMILES string of the molecule is O=S(=O)(O)C/C=C1\CCCS(=O)(=O)C1. The van der Waals surface area contributed by atoms with E-state index in [1.54, 1.807) is 0 Å². The van der Waals surface area contributed by atoms with Crippen LogP contribution in [0.15, 0.2) is 11.6 Å². The summed E-state index contributed by atoms with van der Waals surface area (Å²) in [5, 5.41) is 0. The van der Waals surface area contributed by atoms with Gasteiger partial charge in [-0.15, -0.1) is 0 Å². The molecule has 1 rings (SSSR count). The van der Waals surface area contributed by atoms with Gasteiger partial charge in [-0.05, 0) is 12.8 Å². The van der Waals surface area contributed by atoms with Crippen LogP contribution in [0.2, 0.25) is 0 Å². The minimum Gasteiger partial charge on any atom is -0.285 e. The molecule has 0 amide bonds. The molecule has 82 valence electrons. The van der Waals surface area contributed by atoms with Gasteiger partial charge in [0.25, 0.3) is 10.1 Å². The van der Waals surface area contributed by atoms with Crippen molar-refractivity contribution in [3.05, 3.63) is 11.6 Å². The molecule has 1 saturated heterocycles. The van der Waals surface area contributed by atoms with E-state index in [2.05, 4.69) is 0 Å². The molecule has 0 aliphatic carbocycles. The van der Waals surface area contributed by atoms with Crippen molar-refractivity contribution in [1.82, 2.24) is 0 Å². The first kappa shape index (κ1) is 11.7. The van der Waals surface area contributed by atoms with Crippen molar-refractivity contribution in [3.8, 4) is 0 Å². The second-order valence-corrected chi connectivity index (χ2v) is 6.99. The normalized spacial score (nSPS) is 25.1. The van der Waals surface area contributed by atoms with Crippen LogP contribution in [0.25, 0.3) is 0 Å². The molecular weight excluding hydrogens is 228 g/mol. The third-order valence-corrected chi connectivity index (χ3v) is 4.25. The van der Waals surface area contributed by atoms with Crippen LogP contribution in [0.5, 0.6) is 0 Å². The molecule has 0 radical (unpaired) electrons. The van der Waals surface area contributed by atoms with Crippen LogP contribution < -0.4 is 0 Å². The summed E-state index contributed by atoms with van der Waals surface area (Å²) in [6.07, 6.45) is 2.40. The van der Waals surface area contributed by atoms with E-state index < -0.39 is 25.7 Å². The Kier molecular flexibility index (Phi) is 3.33. The zero-order valence-corrected chi connectivity index (χ0v) is 9.14. The lowest BCUT2D eigenvalue weighted by Gasteiger charge is -2.14. The van der Waals surface area contributed by atoms with Crippen molar-refractivity contribution in [2.45, 2.75) is 12.8 Å². The fourth-order valence-corrected chi connectivity index (χ4v) is 3.33. The maximum Gasteiger partial charge on any atom is 0.268 e. The first-order valence-electron chi connectivity index (χ1n) is 4.12. The van der Waals surface area contributed by atoms with Crippen molar-refractivity contribution in [3.63, 3.8) is 0 Å². The van der Waals surface area contributed by atoms with E-state index in [0.717, 1.165) is 0 Å². The van der Waals surface area contributed by atoms with Crippen molar-refractivity contribution >= 4 is 20.0 Å². The van der Waals surface area contributed by atoms with E-state index in [0.29, 0.717) is 18.4 Å². The van der Waals surface area contributed by atoms with Crippen LogP contribution in [-0.4, -0.2) is 38.6 Å². The first-order chi connectivity index (χ1) is 6.29. The van der Waals surface area contributed by atoms with Crippen molar-refractivity contribution in [2.24, 2.45) is 0 Å². The zero-order chi connectivity index (χ0) is 10.8. The van der Waals surface area contributed by atoms with Gasteiger partial charge in [0.2, 0.25) is 0 Å². The molecule has 0 aromatic rings. The van der Waals surface area contributed by atoms with Crippen LogP contribution >= 0.6 is 0 Å². The number of hydrogen-bond acceptors (Lipinski definition) is 4. The molecule has 1 N–H and O–H groups in total. The lowest BCUT2D eigenvalue weighted by atomic mass is 10.2. The van der Waals surface area contributed by atoms with Crippen LogP contribution in [0.4, 0.5) is 0 Å². The van der Waals surface area contributed by atoms with Gasteiger partial charge in [0, 0.05) is 0 Å². The monoisotopic (exact) mass is 240 g/mol. The molecule has 0 atom stereocenters. The van der Waals surface area contributed by atoms with Gasteiger partial charge in [-0.2, -0.15) is 8.42 Å². The third-order valence-electron chi connectivity index (χ3n) is 1.94. The minimum atomic E-state index is -4.03. The van der Waals surface area contributed by atoms with Gasteiger partial charge in [0.1, 0.15) is 0 Å². The fraction of sp³-hybridized carbons (Fsp3) is 0.714. The Morgan fingerprint density at radius 2 is 2.07 bits per heavy atom. The Morgan fingerprint density at radius 3 is 2.57 bits per heavy atom. The summed E-state index contributed by atoms with van der Waals surface area (Å²) < 4.78 is 51.5. The van der Waals surface area contributed by atoms with Gasteiger partial charge in [0.15, 0.2) is 9.84 Å². The van der Waals surface area contributed by atoms with E-state index in [1.807, 2.05) is 0 Å². The molecule has 14 heavy (non-hydrogen) atoms. The number of hydrogen-bond donors (Lipinski definition) is 1. The van der Waals surface area contributed by atoms with Crippen LogP contribution in [0.1, 0.15) is 12.8 Å². The highest BCUT2D eigenvalue weighted by atomic mass is 32.2. The second-order valence-electron chi connectivity index (χ2n) is 3.31. The maximum absolute atomic E-state index is 11.1. The van der Waals surface area contributed by atoms with Gasteiger partial charge >= 0.3 is 0 Å². The Bertz CT molecular complexity index is 429. The molecule has 7 heteroatoms. The van der Waals surface area contributed by atoms with Gasteiger partial charge in [-0.1, -0.05) is 11.6 Å². The predicted molar refractivity (Wildman–Crippen MR) is 52.4 cm³/mol. The molecule has 1 aliphatic rings. The summed E-state index contributed by atoms with van der Waals surface area (Å²) in [6.45, 7) is 0. The summed E-state index contributed by atoms with van der Waals surface area (Å²) in [7, 11) is -7.08. The molecule has 0 aromatic heterocycles. The molecule has 5 nitrogen and oxygen atoms in total. The Balaban J connectivity index is 2.71. The summed E-state index contributed by atoms with van der Waals surface area (Å²) in [5.74, 6) is -0.420. The summed E-state index contributed by atoms with van der Waals surface area (Å²) in [6, 6.07) is 0. The predicted octanol–water partition coefficient (Wildman–Crippen LogP) is 0.00920. The van der Waals surface area contributed by atoms with E-state index >= 15 is 0 Å². The van der Waals surface area contributed by atoms with Crippen molar-refractivity contribution in [2.75, 3.05) is 17.3 Å². The number of rotatable bonds is 2. The van der Waals surface area contributed by atoms with E-state index in [1.165, 1.54) is 6.08 Å². The Labute approximate surface area is 83.5 Å². The molecule has 0 spiro atoms. The largest absolute Gasteiger partial charge is 0.285 e. The molecular formula is C7H12O5S2. The highest BCUT2D eigenvalue weighted by Gasteiger charge is 2.19. The molecule has 0 bridgehead atoms. The topological polar surface area (TPSA) is 88.5 Å². The van der Waals surface area contributed by atoms with E-state index in [4.69, 9.17) is 4.55 Å². The highest BCUT2D eigenvalue weighted by molar-refractivity contribution is 7.91. The lowest BCUT2D eigenvalue weighted by Crippen LogP contribution is -2.19. The first-order valence-corrected chi connectivity index (χ1v) is 7.55. The third kappa shape index (κ3) is 4.21. The van der Waals surface area contributed by atoms with Gasteiger partial charge < -0.3 is 0 Å². The average Bonchev–Trinajstić information content (AvgIpc) is 1.98. The smallest absolute Gasteiger partial charge is 0.268 e. The molecule has 0 unspecified atom stereocenters. The zero-order valence-electron chi connectivity index (χ0n) is 7.51. The summed E-state index contributed by atoms with van der Waals surface area (Å²) >= 11 is 0. The summed E-state index contributed by atoms with van der Waals surface area (Å²) in [5.41, 5.74) is 0.578. The van der Waals surface area contributed by atoms with Gasteiger partial charge in [-0.3, -0.25) is 4.55 Å². The van der Waals surface area contributed by atoms with Gasteiger partial charge in [-0.25, -0.2) is 8.42 Å². The van der Waals surface area contributed by atoms with E-state index in [9.17, 15) is 16.8 Å². The second kappa shape index (κ2) is 4.00. The van der Waals surface area contributed by atoms with Crippen molar-refractivity contribution in [1.29, 1.82) is 0 Å². The van der Waals surface area contributed by atoms with Crippen molar-refractivity contribution < 1.29 is 21.4 Å². The Hall–Kier alpha value is -0.400.